The summed E-state index contributed by atoms with van der Waals surface area (Å²) in [6, 6.07) is 20.5. The molecule has 2 heterocycles. The van der Waals surface area contributed by atoms with Crippen molar-refractivity contribution in [1.29, 1.82) is 0 Å². The molecule has 0 saturated heterocycles. The minimum atomic E-state index is -0.292. The third kappa shape index (κ3) is 4.77. The Morgan fingerprint density at radius 1 is 0.969 bits per heavy atom. The molecular weight excluding hydrogens is 401 g/mol. The first-order chi connectivity index (χ1) is 15.7. The van der Waals surface area contributed by atoms with Gasteiger partial charge in [0.1, 0.15) is 5.82 Å². The molecule has 160 valence electrons. The lowest BCUT2D eigenvalue weighted by Crippen LogP contribution is -2.10. The fraction of sp³-hybridized carbons (Fsp3) is 0.185. The van der Waals surface area contributed by atoms with E-state index in [1.807, 2.05) is 30.3 Å². The van der Waals surface area contributed by atoms with Crippen LogP contribution in [-0.4, -0.2) is 26.2 Å². The topological polar surface area (TPSA) is 50.9 Å². The van der Waals surface area contributed by atoms with E-state index in [0.717, 1.165) is 22.5 Å². The standard InChI is InChI=1S/C27H24FN3O/c1-20(21-7-3-2-4-8-21)19-31-25(9-5-6-18-32)30-26(22-10-12-24(28)13-11-22)27(31)23-14-16-29-17-15-23/h2-4,7-8,10-17,20,32H,6,18-19H2,1H3. The van der Waals surface area contributed by atoms with Gasteiger partial charge in [0.25, 0.3) is 0 Å². The van der Waals surface area contributed by atoms with Gasteiger partial charge in [-0.05, 0) is 53.8 Å². The van der Waals surface area contributed by atoms with E-state index in [4.69, 9.17) is 4.98 Å². The lowest BCUT2D eigenvalue weighted by molar-refractivity contribution is 0.305. The Labute approximate surface area is 187 Å². The monoisotopic (exact) mass is 425 g/mol. The van der Waals surface area contributed by atoms with Crippen molar-refractivity contribution >= 4 is 0 Å². The van der Waals surface area contributed by atoms with Gasteiger partial charge in [-0.2, -0.15) is 0 Å². The van der Waals surface area contributed by atoms with Crippen molar-refractivity contribution in [1.82, 2.24) is 14.5 Å². The van der Waals surface area contributed by atoms with Gasteiger partial charge >= 0.3 is 0 Å². The van der Waals surface area contributed by atoms with Gasteiger partial charge < -0.3 is 9.67 Å². The summed E-state index contributed by atoms with van der Waals surface area (Å²) in [4.78, 5) is 9.03. The Morgan fingerprint density at radius 3 is 2.38 bits per heavy atom. The maximum absolute atomic E-state index is 13.6. The zero-order chi connectivity index (χ0) is 22.3. The van der Waals surface area contributed by atoms with Gasteiger partial charge in [0, 0.05) is 36.5 Å². The predicted octanol–water partition coefficient (Wildman–Crippen LogP) is 5.29. The number of aliphatic hydroxyl groups is 1. The molecule has 5 heteroatoms. The van der Waals surface area contributed by atoms with Crippen LogP contribution in [0.5, 0.6) is 0 Å². The van der Waals surface area contributed by atoms with Crippen LogP contribution in [0.25, 0.3) is 22.5 Å². The van der Waals surface area contributed by atoms with Crippen LogP contribution in [-0.2, 0) is 6.54 Å². The molecule has 2 aromatic heterocycles. The van der Waals surface area contributed by atoms with Crippen LogP contribution >= 0.6 is 0 Å². The minimum absolute atomic E-state index is 0.00381. The lowest BCUT2D eigenvalue weighted by Gasteiger charge is -2.17. The fourth-order valence-corrected chi connectivity index (χ4v) is 3.70. The van der Waals surface area contributed by atoms with Crippen LogP contribution in [0, 0.1) is 17.7 Å². The van der Waals surface area contributed by atoms with Gasteiger partial charge in [0.15, 0.2) is 5.82 Å². The second-order valence-corrected chi connectivity index (χ2v) is 7.57. The maximum Gasteiger partial charge on any atom is 0.186 e. The number of imidazole rings is 1. The number of halogens is 1. The first-order valence-electron chi connectivity index (χ1n) is 10.6. The summed E-state index contributed by atoms with van der Waals surface area (Å²) >= 11 is 0. The minimum Gasteiger partial charge on any atom is -0.395 e. The molecule has 1 unspecified atom stereocenters. The van der Waals surface area contributed by atoms with E-state index >= 15 is 0 Å². The number of benzene rings is 2. The Bertz CT molecular complexity index is 1220. The Balaban J connectivity index is 1.90. The number of pyridine rings is 1. The number of nitrogens with zero attached hydrogens (tertiary/aromatic N) is 3. The molecule has 1 atom stereocenters. The van der Waals surface area contributed by atoms with Gasteiger partial charge in [-0.15, -0.1) is 0 Å². The molecular formula is C27H24FN3O. The molecule has 4 nitrogen and oxygen atoms in total. The highest BCUT2D eigenvalue weighted by molar-refractivity contribution is 5.79. The lowest BCUT2D eigenvalue weighted by atomic mass is 10.0. The van der Waals surface area contributed by atoms with Crippen molar-refractivity contribution in [2.24, 2.45) is 0 Å². The highest BCUT2D eigenvalue weighted by Gasteiger charge is 2.21. The van der Waals surface area contributed by atoms with Crippen LogP contribution in [0.4, 0.5) is 4.39 Å². The first-order valence-corrected chi connectivity index (χ1v) is 10.6. The average Bonchev–Trinajstić information content (AvgIpc) is 3.18. The van der Waals surface area contributed by atoms with Crippen LogP contribution in [0.1, 0.15) is 30.7 Å². The average molecular weight is 426 g/mol. The number of aliphatic hydroxyl groups excluding tert-OH is 1. The summed E-state index contributed by atoms with van der Waals surface area (Å²) in [5.41, 5.74) is 4.65. The molecule has 0 aliphatic carbocycles. The van der Waals surface area contributed by atoms with Crippen LogP contribution in [0.15, 0.2) is 79.1 Å². The molecule has 0 spiro atoms. The summed E-state index contributed by atoms with van der Waals surface area (Å²) in [6.45, 7) is 2.84. The zero-order valence-electron chi connectivity index (χ0n) is 17.9. The third-order valence-electron chi connectivity index (χ3n) is 5.30. The highest BCUT2D eigenvalue weighted by Crippen LogP contribution is 2.34. The second kappa shape index (κ2) is 10.0. The largest absolute Gasteiger partial charge is 0.395 e. The molecule has 4 aromatic rings. The third-order valence-corrected chi connectivity index (χ3v) is 5.30. The van der Waals surface area contributed by atoms with Crippen LogP contribution in [0.3, 0.4) is 0 Å². The number of hydrogen-bond acceptors (Lipinski definition) is 3. The number of hydrogen-bond donors (Lipinski definition) is 1. The SMILES string of the molecule is CC(Cn1c(C#CCCO)nc(-c2ccc(F)cc2)c1-c1ccncc1)c1ccccc1. The van der Waals surface area contributed by atoms with E-state index in [-0.39, 0.29) is 18.3 Å². The molecule has 0 radical (unpaired) electrons. The van der Waals surface area contributed by atoms with E-state index in [9.17, 15) is 9.50 Å². The first kappa shape index (κ1) is 21.5. The second-order valence-electron chi connectivity index (χ2n) is 7.57. The summed E-state index contributed by atoms with van der Waals surface area (Å²) in [6.07, 6.45) is 3.87. The van der Waals surface area contributed by atoms with Gasteiger partial charge in [-0.1, -0.05) is 43.2 Å². The molecule has 2 aromatic carbocycles. The van der Waals surface area contributed by atoms with Gasteiger partial charge in [0.2, 0.25) is 0 Å². The fourth-order valence-electron chi connectivity index (χ4n) is 3.70. The smallest absolute Gasteiger partial charge is 0.186 e. The normalized spacial score (nSPS) is 11.6. The Kier molecular flexibility index (Phi) is 6.74. The van der Waals surface area contributed by atoms with Crippen molar-refractivity contribution < 1.29 is 9.50 Å². The number of aromatic nitrogens is 3. The molecule has 4 rings (SSSR count). The van der Waals surface area contributed by atoms with E-state index in [0.29, 0.717) is 18.8 Å². The summed E-state index contributed by atoms with van der Waals surface area (Å²) in [5, 5.41) is 9.18. The van der Waals surface area contributed by atoms with Crippen molar-refractivity contribution in [2.45, 2.75) is 25.8 Å². The Morgan fingerprint density at radius 2 is 1.69 bits per heavy atom. The van der Waals surface area contributed by atoms with Crippen molar-refractivity contribution in [3.8, 4) is 34.4 Å². The quantitative estimate of drug-likeness (QED) is 0.427. The molecule has 0 aliphatic heterocycles. The van der Waals surface area contributed by atoms with Gasteiger partial charge in [-0.3, -0.25) is 4.98 Å². The van der Waals surface area contributed by atoms with E-state index in [1.165, 1.54) is 17.7 Å². The molecule has 32 heavy (non-hydrogen) atoms. The Hall–Kier alpha value is -3.75. The van der Waals surface area contributed by atoms with Gasteiger partial charge in [-0.25, -0.2) is 9.37 Å². The van der Waals surface area contributed by atoms with Gasteiger partial charge in [0.05, 0.1) is 18.0 Å². The van der Waals surface area contributed by atoms with E-state index < -0.39 is 0 Å². The maximum atomic E-state index is 13.6. The highest BCUT2D eigenvalue weighted by atomic mass is 19.1. The molecule has 1 N–H and O–H groups in total. The number of rotatable bonds is 6. The van der Waals surface area contributed by atoms with Crippen molar-refractivity contribution in [2.75, 3.05) is 6.61 Å². The predicted molar refractivity (Wildman–Crippen MR) is 124 cm³/mol. The van der Waals surface area contributed by atoms with Crippen LogP contribution in [0.2, 0.25) is 0 Å². The molecule has 0 aliphatic rings. The van der Waals surface area contributed by atoms with Crippen molar-refractivity contribution in [3.63, 3.8) is 0 Å². The summed E-state index contributed by atoms with van der Waals surface area (Å²) in [5.74, 6) is 6.68. The zero-order valence-corrected chi connectivity index (χ0v) is 17.9. The molecule has 0 saturated carbocycles. The molecule has 0 fully saturated rings. The van der Waals surface area contributed by atoms with Crippen molar-refractivity contribution in [3.05, 3.63) is 96.3 Å². The molecule has 0 bridgehead atoms. The summed E-state index contributed by atoms with van der Waals surface area (Å²) in [7, 11) is 0. The summed E-state index contributed by atoms with van der Waals surface area (Å²) < 4.78 is 15.7. The van der Waals surface area contributed by atoms with Crippen LogP contribution < -0.4 is 0 Å². The molecule has 0 amide bonds. The van der Waals surface area contributed by atoms with E-state index in [1.54, 1.807) is 24.5 Å². The van der Waals surface area contributed by atoms with E-state index in [2.05, 4.69) is 40.4 Å².